The first-order valence-electron chi connectivity index (χ1n) is 5.82. The highest BCUT2D eigenvalue weighted by Crippen LogP contribution is 2.20. The summed E-state index contributed by atoms with van der Waals surface area (Å²) >= 11 is 0. The van der Waals surface area contributed by atoms with Gasteiger partial charge in [0.25, 0.3) is 0 Å². The molecule has 0 radical (unpaired) electrons. The Hall–Kier alpha value is -1.80. The van der Waals surface area contributed by atoms with Gasteiger partial charge in [-0.15, -0.1) is 0 Å². The summed E-state index contributed by atoms with van der Waals surface area (Å²) in [5.41, 5.74) is 11.5. The topological polar surface area (TPSA) is 38.0 Å². The van der Waals surface area contributed by atoms with E-state index in [-0.39, 0.29) is 0 Å². The molecule has 0 atom stereocenters. The van der Waals surface area contributed by atoms with Crippen LogP contribution in [0.5, 0.6) is 0 Å². The lowest BCUT2D eigenvalue weighted by molar-refractivity contribution is 1.07. The SMILES string of the molecule is Cc1cc(C)cc(Nc2cccc(CN)c2)c1. The molecule has 2 aromatic carbocycles. The van der Waals surface area contributed by atoms with Crippen LogP contribution in [-0.2, 0) is 6.54 Å². The standard InChI is InChI=1S/C15H18N2/c1-11-6-12(2)8-15(7-11)17-14-5-3-4-13(9-14)10-16/h3-9,17H,10,16H2,1-2H3. The number of aryl methyl sites for hydroxylation is 2. The van der Waals surface area contributed by atoms with Crippen molar-refractivity contribution in [1.29, 1.82) is 0 Å². The van der Waals surface area contributed by atoms with E-state index in [0.717, 1.165) is 16.9 Å². The van der Waals surface area contributed by atoms with Crippen molar-refractivity contribution in [3.63, 3.8) is 0 Å². The molecule has 2 aromatic rings. The molecule has 0 unspecified atom stereocenters. The minimum atomic E-state index is 0.572. The van der Waals surface area contributed by atoms with Gasteiger partial charge in [-0.25, -0.2) is 0 Å². The van der Waals surface area contributed by atoms with E-state index >= 15 is 0 Å². The van der Waals surface area contributed by atoms with E-state index in [4.69, 9.17) is 5.73 Å². The summed E-state index contributed by atoms with van der Waals surface area (Å²) in [5.74, 6) is 0. The Kier molecular flexibility index (Phi) is 3.45. The van der Waals surface area contributed by atoms with Crippen molar-refractivity contribution < 1.29 is 0 Å². The fourth-order valence-corrected chi connectivity index (χ4v) is 1.99. The number of nitrogens with two attached hydrogens (primary N) is 1. The molecular formula is C15H18N2. The average molecular weight is 226 g/mol. The van der Waals surface area contributed by atoms with Crippen LogP contribution in [0.1, 0.15) is 16.7 Å². The first kappa shape index (κ1) is 11.7. The maximum Gasteiger partial charge on any atom is 0.0389 e. The zero-order valence-corrected chi connectivity index (χ0v) is 10.3. The second-order valence-electron chi connectivity index (χ2n) is 4.41. The van der Waals surface area contributed by atoms with E-state index < -0.39 is 0 Å². The third kappa shape index (κ3) is 3.08. The zero-order chi connectivity index (χ0) is 12.3. The molecule has 3 N–H and O–H groups in total. The van der Waals surface area contributed by atoms with Crippen molar-refractivity contribution in [2.75, 3.05) is 5.32 Å². The quantitative estimate of drug-likeness (QED) is 0.840. The molecule has 0 saturated heterocycles. The molecule has 0 bridgehead atoms. The Morgan fingerprint density at radius 2 is 1.65 bits per heavy atom. The third-order valence-electron chi connectivity index (χ3n) is 2.67. The average Bonchev–Trinajstić information content (AvgIpc) is 2.28. The first-order chi connectivity index (χ1) is 8.17. The highest BCUT2D eigenvalue weighted by Gasteiger charge is 1.98. The minimum Gasteiger partial charge on any atom is -0.356 e. The molecule has 0 aliphatic rings. The van der Waals surface area contributed by atoms with Crippen LogP contribution in [0.15, 0.2) is 42.5 Å². The van der Waals surface area contributed by atoms with Gasteiger partial charge in [-0.3, -0.25) is 0 Å². The smallest absolute Gasteiger partial charge is 0.0389 e. The summed E-state index contributed by atoms with van der Waals surface area (Å²) in [6, 6.07) is 14.6. The van der Waals surface area contributed by atoms with Crippen LogP contribution in [0.25, 0.3) is 0 Å². The third-order valence-corrected chi connectivity index (χ3v) is 2.67. The van der Waals surface area contributed by atoms with Crippen molar-refractivity contribution >= 4 is 11.4 Å². The fourth-order valence-electron chi connectivity index (χ4n) is 1.99. The second kappa shape index (κ2) is 5.02. The summed E-state index contributed by atoms with van der Waals surface area (Å²) in [5, 5.41) is 3.40. The number of benzene rings is 2. The lowest BCUT2D eigenvalue weighted by Gasteiger charge is -2.09. The molecule has 0 aliphatic heterocycles. The number of hydrogen-bond donors (Lipinski definition) is 2. The van der Waals surface area contributed by atoms with Crippen molar-refractivity contribution in [3.8, 4) is 0 Å². The maximum absolute atomic E-state index is 5.63. The highest BCUT2D eigenvalue weighted by atomic mass is 14.9. The van der Waals surface area contributed by atoms with Gasteiger partial charge in [0.1, 0.15) is 0 Å². The van der Waals surface area contributed by atoms with E-state index in [2.05, 4.69) is 49.5 Å². The van der Waals surface area contributed by atoms with Crippen LogP contribution >= 0.6 is 0 Å². The van der Waals surface area contributed by atoms with Gasteiger partial charge in [-0.1, -0.05) is 18.2 Å². The number of rotatable bonds is 3. The summed E-state index contributed by atoms with van der Waals surface area (Å²) in [4.78, 5) is 0. The molecule has 17 heavy (non-hydrogen) atoms. The monoisotopic (exact) mass is 226 g/mol. The van der Waals surface area contributed by atoms with E-state index in [1.807, 2.05) is 12.1 Å². The molecule has 0 fully saturated rings. The number of nitrogens with one attached hydrogen (secondary N) is 1. The molecule has 0 amide bonds. The largest absolute Gasteiger partial charge is 0.356 e. The first-order valence-corrected chi connectivity index (χ1v) is 5.82. The maximum atomic E-state index is 5.63. The minimum absolute atomic E-state index is 0.572. The van der Waals surface area contributed by atoms with Gasteiger partial charge in [-0.05, 0) is 54.8 Å². The van der Waals surface area contributed by atoms with Crippen molar-refractivity contribution in [3.05, 3.63) is 59.2 Å². The lowest BCUT2D eigenvalue weighted by atomic mass is 10.1. The highest BCUT2D eigenvalue weighted by molar-refractivity contribution is 5.61. The van der Waals surface area contributed by atoms with Crippen LogP contribution in [0.3, 0.4) is 0 Å². The predicted octanol–water partition coefficient (Wildman–Crippen LogP) is 3.51. The van der Waals surface area contributed by atoms with Gasteiger partial charge in [0, 0.05) is 17.9 Å². The van der Waals surface area contributed by atoms with E-state index in [0.29, 0.717) is 6.54 Å². The summed E-state index contributed by atoms with van der Waals surface area (Å²) < 4.78 is 0. The Morgan fingerprint density at radius 3 is 2.29 bits per heavy atom. The van der Waals surface area contributed by atoms with Crippen molar-refractivity contribution in [1.82, 2.24) is 0 Å². The van der Waals surface area contributed by atoms with Crippen LogP contribution < -0.4 is 11.1 Å². The molecule has 2 nitrogen and oxygen atoms in total. The summed E-state index contributed by atoms with van der Waals surface area (Å²) in [6.07, 6.45) is 0. The Morgan fingerprint density at radius 1 is 0.941 bits per heavy atom. The molecule has 0 aromatic heterocycles. The molecule has 2 heteroatoms. The molecule has 0 heterocycles. The number of anilines is 2. The molecular weight excluding hydrogens is 208 g/mol. The van der Waals surface area contributed by atoms with Crippen molar-refractivity contribution in [2.45, 2.75) is 20.4 Å². The van der Waals surface area contributed by atoms with Crippen LogP contribution in [0.4, 0.5) is 11.4 Å². The van der Waals surface area contributed by atoms with Gasteiger partial charge in [0.05, 0.1) is 0 Å². The van der Waals surface area contributed by atoms with Gasteiger partial charge in [-0.2, -0.15) is 0 Å². The second-order valence-corrected chi connectivity index (χ2v) is 4.41. The molecule has 0 saturated carbocycles. The molecule has 0 aliphatic carbocycles. The van der Waals surface area contributed by atoms with E-state index in [1.54, 1.807) is 0 Å². The van der Waals surface area contributed by atoms with Gasteiger partial charge in [0.15, 0.2) is 0 Å². The van der Waals surface area contributed by atoms with Gasteiger partial charge >= 0.3 is 0 Å². The van der Waals surface area contributed by atoms with E-state index in [9.17, 15) is 0 Å². The van der Waals surface area contributed by atoms with Gasteiger partial charge in [0.2, 0.25) is 0 Å². The summed E-state index contributed by atoms with van der Waals surface area (Å²) in [7, 11) is 0. The lowest BCUT2D eigenvalue weighted by Crippen LogP contribution is -1.97. The molecule has 88 valence electrons. The van der Waals surface area contributed by atoms with Gasteiger partial charge < -0.3 is 11.1 Å². The summed E-state index contributed by atoms with van der Waals surface area (Å²) in [6.45, 7) is 4.78. The molecule has 0 spiro atoms. The normalized spacial score (nSPS) is 10.3. The van der Waals surface area contributed by atoms with E-state index in [1.165, 1.54) is 11.1 Å². The van der Waals surface area contributed by atoms with Crippen molar-refractivity contribution in [2.24, 2.45) is 5.73 Å². The molecule has 2 rings (SSSR count). The van der Waals surface area contributed by atoms with Crippen LogP contribution in [0.2, 0.25) is 0 Å². The van der Waals surface area contributed by atoms with Crippen LogP contribution in [0, 0.1) is 13.8 Å². The van der Waals surface area contributed by atoms with Crippen LogP contribution in [-0.4, -0.2) is 0 Å². The Labute approximate surface area is 102 Å². The Balaban J connectivity index is 2.24. The Bertz CT molecular complexity index is 498. The predicted molar refractivity (Wildman–Crippen MR) is 73.5 cm³/mol. The zero-order valence-electron chi connectivity index (χ0n) is 10.3. The number of hydrogen-bond acceptors (Lipinski definition) is 2. The fraction of sp³-hybridized carbons (Fsp3) is 0.200.